The first-order chi connectivity index (χ1) is 17.5. The number of amides is 1. The molecule has 4 rings (SSSR count). The summed E-state index contributed by atoms with van der Waals surface area (Å²) in [4.78, 5) is 30.2. The van der Waals surface area contributed by atoms with Crippen LogP contribution in [0.1, 0.15) is 48.2 Å². The summed E-state index contributed by atoms with van der Waals surface area (Å²) in [7, 11) is -3.75. The van der Waals surface area contributed by atoms with Crippen LogP contribution in [0.2, 0.25) is 0 Å². The highest BCUT2D eigenvalue weighted by molar-refractivity contribution is 8.16. The first-order valence-electron chi connectivity index (χ1n) is 11.3. The molecule has 0 radical (unpaired) electrons. The van der Waals surface area contributed by atoms with E-state index in [-0.39, 0.29) is 39.8 Å². The fourth-order valence-electron chi connectivity index (χ4n) is 3.53. The van der Waals surface area contributed by atoms with Gasteiger partial charge in [-0.2, -0.15) is 9.39 Å². The molecule has 0 aromatic heterocycles. The number of fused-ring (bicyclic) bond motifs is 1. The summed E-state index contributed by atoms with van der Waals surface area (Å²) in [5.41, 5.74) is 1.83. The van der Waals surface area contributed by atoms with Crippen molar-refractivity contribution in [3.8, 4) is 11.5 Å². The van der Waals surface area contributed by atoms with Gasteiger partial charge in [-0.1, -0.05) is 32.0 Å². The standard InChI is InChI=1S/C25H24N4O6S2/c1-5-34-20-13-15(6-11-19(20)35-23(31)17-9-7-16(8-10-17)14(2)3)12-18-21(26)29-24(27-22(18)30)36-28-25(29)37(4,32)33/h6-14,26H,5H2,1-4H3/b18-12-,26-21?. The third-order valence-corrected chi connectivity index (χ3v) is 7.17. The molecule has 2 aromatic rings. The van der Waals surface area contributed by atoms with Crippen molar-refractivity contribution in [1.82, 2.24) is 4.90 Å². The lowest BCUT2D eigenvalue weighted by Gasteiger charge is -2.23. The van der Waals surface area contributed by atoms with Gasteiger partial charge in [0.25, 0.3) is 5.91 Å². The minimum atomic E-state index is -3.75. The number of rotatable bonds is 6. The summed E-state index contributed by atoms with van der Waals surface area (Å²) >= 11 is 0.721. The molecular formula is C25H24N4O6S2. The Morgan fingerprint density at radius 2 is 1.86 bits per heavy atom. The van der Waals surface area contributed by atoms with Crippen LogP contribution in [0.5, 0.6) is 11.5 Å². The van der Waals surface area contributed by atoms with E-state index in [9.17, 15) is 18.0 Å². The van der Waals surface area contributed by atoms with Crippen molar-refractivity contribution in [2.45, 2.75) is 26.7 Å². The first kappa shape index (κ1) is 26.3. The van der Waals surface area contributed by atoms with Gasteiger partial charge in [0.1, 0.15) is 5.84 Å². The molecule has 0 unspecified atom stereocenters. The number of carbonyl (C=O) groups is 2. The van der Waals surface area contributed by atoms with Crippen LogP contribution in [0.15, 0.2) is 57.4 Å². The summed E-state index contributed by atoms with van der Waals surface area (Å²) in [5, 5.41) is 8.11. The largest absolute Gasteiger partial charge is 0.490 e. The first-order valence-corrected chi connectivity index (χ1v) is 13.9. The van der Waals surface area contributed by atoms with Crippen LogP contribution in [0.25, 0.3) is 6.08 Å². The minimum absolute atomic E-state index is 0.00580. The quantitative estimate of drug-likeness (QED) is 0.251. The molecule has 0 saturated heterocycles. The summed E-state index contributed by atoms with van der Waals surface area (Å²) < 4.78 is 39.2. The lowest BCUT2D eigenvalue weighted by atomic mass is 10.0. The van der Waals surface area contributed by atoms with Crippen molar-refractivity contribution in [3.05, 3.63) is 64.7 Å². The maximum atomic E-state index is 12.7. The Hall–Kier alpha value is -3.77. The minimum Gasteiger partial charge on any atom is -0.490 e. The zero-order valence-electron chi connectivity index (χ0n) is 20.5. The molecule has 0 fully saturated rings. The fraction of sp³-hybridized carbons (Fsp3) is 0.240. The number of aliphatic imine (C=N–C) groups is 1. The molecule has 1 amide bonds. The normalized spacial score (nSPS) is 16.6. The van der Waals surface area contributed by atoms with Crippen LogP contribution >= 0.6 is 11.9 Å². The van der Waals surface area contributed by atoms with E-state index in [4.69, 9.17) is 14.9 Å². The van der Waals surface area contributed by atoms with Crippen molar-refractivity contribution in [2.75, 3.05) is 12.9 Å². The van der Waals surface area contributed by atoms with Gasteiger partial charge in [0, 0.05) is 6.26 Å². The summed E-state index contributed by atoms with van der Waals surface area (Å²) in [6.45, 7) is 6.19. The smallest absolute Gasteiger partial charge is 0.343 e. The third kappa shape index (κ3) is 5.49. The van der Waals surface area contributed by atoms with Crippen LogP contribution in [0.4, 0.5) is 0 Å². The predicted molar refractivity (Wildman–Crippen MR) is 143 cm³/mol. The molecule has 2 aliphatic heterocycles. The number of hydrogen-bond donors (Lipinski definition) is 1. The molecule has 2 heterocycles. The Balaban J connectivity index is 1.62. The molecule has 2 aliphatic rings. The Morgan fingerprint density at radius 1 is 1.16 bits per heavy atom. The highest BCUT2D eigenvalue weighted by atomic mass is 32.2. The van der Waals surface area contributed by atoms with E-state index in [1.807, 2.05) is 12.1 Å². The van der Waals surface area contributed by atoms with E-state index in [2.05, 4.69) is 23.2 Å². The van der Waals surface area contributed by atoms with Gasteiger partial charge in [-0.3, -0.25) is 10.2 Å². The molecule has 0 spiro atoms. The van der Waals surface area contributed by atoms with E-state index >= 15 is 0 Å². The fourth-order valence-corrected chi connectivity index (χ4v) is 5.38. The van der Waals surface area contributed by atoms with Crippen LogP contribution < -0.4 is 9.47 Å². The van der Waals surface area contributed by atoms with Gasteiger partial charge < -0.3 is 9.47 Å². The number of benzene rings is 2. The second-order valence-corrected chi connectivity index (χ2v) is 11.1. The molecule has 2 aromatic carbocycles. The molecule has 12 heteroatoms. The zero-order chi connectivity index (χ0) is 26.9. The maximum absolute atomic E-state index is 12.7. The van der Waals surface area contributed by atoms with Gasteiger partial charge in [-0.15, -0.1) is 0 Å². The second-order valence-electron chi connectivity index (χ2n) is 8.48. The topological polar surface area (TPSA) is 139 Å². The number of amidine groups is 3. The number of sulfone groups is 1. The van der Waals surface area contributed by atoms with Gasteiger partial charge >= 0.3 is 5.97 Å². The van der Waals surface area contributed by atoms with Gasteiger partial charge in [0.15, 0.2) is 11.5 Å². The van der Waals surface area contributed by atoms with Gasteiger partial charge in [-0.05, 0) is 54.3 Å². The van der Waals surface area contributed by atoms with Gasteiger partial charge in [0.2, 0.25) is 20.2 Å². The molecule has 1 N–H and O–H groups in total. The molecular weight excluding hydrogens is 516 g/mol. The molecule has 10 nitrogen and oxygen atoms in total. The highest BCUT2D eigenvalue weighted by Crippen LogP contribution is 2.33. The Bertz CT molecular complexity index is 1490. The molecule has 0 bridgehead atoms. The number of ether oxygens (including phenoxy) is 2. The van der Waals surface area contributed by atoms with Crippen molar-refractivity contribution in [1.29, 1.82) is 5.41 Å². The van der Waals surface area contributed by atoms with Crippen LogP contribution in [0, 0.1) is 5.41 Å². The number of nitrogens with zero attached hydrogens (tertiary/aromatic N) is 3. The van der Waals surface area contributed by atoms with Crippen molar-refractivity contribution < 1.29 is 27.5 Å². The highest BCUT2D eigenvalue weighted by Gasteiger charge is 2.41. The third-order valence-electron chi connectivity index (χ3n) is 5.42. The summed E-state index contributed by atoms with van der Waals surface area (Å²) in [5.74, 6) is -0.824. The lowest BCUT2D eigenvalue weighted by Crippen LogP contribution is -2.45. The molecule has 37 heavy (non-hydrogen) atoms. The van der Waals surface area contributed by atoms with Gasteiger partial charge in [-0.25, -0.2) is 18.1 Å². The molecule has 0 saturated carbocycles. The monoisotopic (exact) mass is 540 g/mol. The Labute approximate surface area is 218 Å². The van der Waals surface area contributed by atoms with Crippen molar-refractivity contribution in [3.63, 3.8) is 0 Å². The van der Waals surface area contributed by atoms with E-state index < -0.39 is 21.7 Å². The summed E-state index contributed by atoms with van der Waals surface area (Å²) in [6, 6.07) is 11.8. The molecule has 0 aliphatic carbocycles. The number of nitrogens with one attached hydrogen (secondary N) is 1. The van der Waals surface area contributed by atoms with Crippen LogP contribution in [-0.4, -0.2) is 54.2 Å². The van der Waals surface area contributed by atoms with Crippen LogP contribution in [0.3, 0.4) is 0 Å². The zero-order valence-corrected chi connectivity index (χ0v) is 22.1. The van der Waals surface area contributed by atoms with Crippen LogP contribution in [-0.2, 0) is 14.6 Å². The number of carbonyl (C=O) groups excluding carboxylic acids is 2. The maximum Gasteiger partial charge on any atom is 0.343 e. The Morgan fingerprint density at radius 3 is 2.49 bits per heavy atom. The average molecular weight is 541 g/mol. The number of hydrogen-bond acceptors (Lipinski definition) is 9. The van der Waals surface area contributed by atoms with Crippen molar-refractivity contribution in [2.24, 2.45) is 9.39 Å². The number of esters is 1. The Kier molecular flexibility index (Phi) is 7.32. The van der Waals surface area contributed by atoms with E-state index in [0.29, 0.717) is 17.0 Å². The predicted octanol–water partition coefficient (Wildman–Crippen LogP) is 4.05. The molecule has 0 atom stereocenters. The summed E-state index contributed by atoms with van der Waals surface area (Å²) in [6.07, 6.45) is 2.36. The van der Waals surface area contributed by atoms with Crippen molar-refractivity contribution >= 4 is 55.9 Å². The van der Waals surface area contributed by atoms with Gasteiger partial charge in [0.05, 0.1) is 29.7 Å². The lowest BCUT2D eigenvalue weighted by molar-refractivity contribution is -0.114. The molecule has 192 valence electrons. The average Bonchev–Trinajstić information content (AvgIpc) is 3.28. The second kappa shape index (κ2) is 10.3. The van der Waals surface area contributed by atoms with E-state index in [1.54, 1.807) is 31.2 Å². The SMILES string of the molecule is CCOc1cc(/C=C2/C(=N)N3C(=NC2=O)SN=C3S(C)(=O)=O)ccc1OC(=O)c1ccc(C(C)C)cc1. The van der Waals surface area contributed by atoms with E-state index in [1.165, 1.54) is 12.1 Å². The van der Waals surface area contributed by atoms with E-state index in [0.717, 1.165) is 28.7 Å².